The van der Waals surface area contributed by atoms with Gasteiger partial charge in [-0.05, 0) is 12.3 Å². The minimum atomic E-state index is -2.07. The Morgan fingerprint density at radius 1 is 1.58 bits per heavy atom. The van der Waals surface area contributed by atoms with E-state index >= 15 is 0 Å². The molecule has 3 N–H and O–H groups in total. The molecular weight excluding hydrogens is 268 g/mol. The van der Waals surface area contributed by atoms with Crippen LogP contribution in [0.15, 0.2) is 6.33 Å². The maximum Gasteiger partial charge on any atom is 0.340 e. The normalized spacial score (nSPS) is 15.9. The summed E-state index contributed by atoms with van der Waals surface area (Å²) in [5.41, 5.74) is 5.06. The van der Waals surface area contributed by atoms with Gasteiger partial charge in [-0.3, -0.25) is 0 Å². The highest BCUT2D eigenvalue weighted by atomic mass is 32.2. The Bertz CT molecular complexity index is 449. The van der Waals surface area contributed by atoms with E-state index in [1.165, 1.54) is 0 Å². The second kappa shape index (κ2) is 7.34. The summed E-state index contributed by atoms with van der Waals surface area (Å²) < 4.78 is 21.7. The average Bonchev–Trinajstić information content (AvgIpc) is 2.83. The van der Waals surface area contributed by atoms with E-state index in [2.05, 4.69) is 17.0 Å². The van der Waals surface area contributed by atoms with Gasteiger partial charge in [0, 0.05) is 0 Å². The van der Waals surface area contributed by atoms with Crippen molar-refractivity contribution in [2.75, 3.05) is 0 Å². The first-order valence-corrected chi connectivity index (χ1v) is 7.47. The lowest BCUT2D eigenvalue weighted by Crippen LogP contribution is -2.21. The van der Waals surface area contributed by atoms with Crippen molar-refractivity contribution in [2.24, 2.45) is 11.7 Å². The largest absolute Gasteiger partial charge is 0.350 e. The lowest BCUT2D eigenvalue weighted by molar-refractivity contribution is 0.247. The summed E-state index contributed by atoms with van der Waals surface area (Å²) in [6, 6.07) is -0.762. The second-order valence-electron chi connectivity index (χ2n) is 4.45. The Morgan fingerprint density at radius 2 is 2.26 bits per heavy atom. The Hall–Kier alpha value is -1.28. The van der Waals surface area contributed by atoms with Crippen LogP contribution >= 0.6 is 0 Å². The van der Waals surface area contributed by atoms with Crippen molar-refractivity contribution in [1.29, 1.82) is 0 Å². The van der Waals surface area contributed by atoms with Gasteiger partial charge >= 0.3 is 6.03 Å². The smallest absolute Gasteiger partial charge is 0.340 e. The third-order valence-corrected chi connectivity index (χ3v) is 3.98. The van der Waals surface area contributed by atoms with Gasteiger partial charge in [0.05, 0.1) is 0 Å². The second-order valence-corrected chi connectivity index (χ2v) is 5.57. The molecule has 7 nitrogen and oxygen atoms in total. The van der Waals surface area contributed by atoms with E-state index in [1.54, 1.807) is 0 Å². The number of primary amides is 1. The van der Waals surface area contributed by atoms with Gasteiger partial charge in [-0.15, -0.1) is 5.10 Å². The van der Waals surface area contributed by atoms with E-state index in [4.69, 9.17) is 5.73 Å². The monoisotopic (exact) mass is 288 g/mol. The summed E-state index contributed by atoms with van der Waals surface area (Å²) in [7, 11) is 0. The summed E-state index contributed by atoms with van der Waals surface area (Å²) in [5, 5.41) is 3.17. The fourth-order valence-electron chi connectivity index (χ4n) is 2.01. The Kier molecular flexibility index (Phi) is 6.10. The highest BCUT2D eigenvalue weighted by Gasteiger charge is 2.26. The predicted octanol–water partition coefficient (Wildman–Crippen LogP) is 1.68. The molecule has 108 valence electrons. The molecule has 0 spiro atoms. The van der Waals surface area contributed by atoms with Gasteiger partial charge in [0.25, 0.3) is 0 Å². The van der Waals surface area contributed by atoms with E-state index in [-0.39, 0.29) is 5.82 Å². The maximum absolute atomic E-state index is 11.4. The van der Waals surface area contributed by atoms with Gasteiger partial charge in [-0.1, -0.05) is 33.1 Å². The molecular formula is C11H20N4O3S. The summed E-state index contributed by atoms with van der Waals surface area (Å²) in [6.07, 6.45) is 4.62. The zero-order chi connectivity index (χ0) is 14.4. The zero-order valence-electron chi connectivity index (χ0n) is 11.2. The first kappa shape index (κ1) is 15.8. The molecule has 1 rings (SSSR count). The first-order chi connectivity index (χ1) is 8.99. The van der Waals surface area contributed by atoms with Crippen LogP contribution in [0.2, 0.25) is 0 Å². The van der Waals surface area contributed by atoms with Crippen molar-refractivity contribution >= 4 is 17.1 Å². The third kappa shape index (κ3) is 4.39. The molecule has 0 bridgehead atoms. The number of nitrogens with two attached hydrogens (primary N) is 1. The molecule has 0 aliphatic carbocycles. The van der Waals surface area contributed by atoms with Crippen LogP contribution in [0.25, 0.3) is 0 Å². The highest BCUT2D eigenvalue weighted by molar-refractivity contribution is 7.79. The first-order valence-electron chi connectivity index (χ1n) is 6.30. The van der Waals surface area contributed by atoms with Crippen LogP contribution in [-0.2, 0) is 11.1 Å². The van der Waals surface area contributed by atoms with Gasteiger partial charge in [-0.25, -0.2) is 14.0 Å². The van der Waals surface area contributed by atoms with Gasteiger partial charge in [-0.2, -0.15) is 4.68 Å². The molecule has 0 aliphatic heterocycles. The average molecular weight is 288 g/mol. The molecule has 0 aliphatic rings. The molecule has 1 aromatic heterocycles. The Balaban J connectivity index is 2.87. The molecule has 3 unspecified atom stereocenters. The van der Waals surface area contributed by atoms with E-state index in [0.717, 1.165) is 30.3 Å². The molecule has 1 heterocycles. The third-order valence-electron chi connectivity index (χ3n) is 3.09. The standard InChI is InChI=1S/C11H20N4O3S/c1-3-5-8(4-2)6-9(19(17)18)10-13-7-15(14-10)11(12)16/h7-9H,3-6H2,1-2H3,(H2,12,16)(H,17,18). The Labute approximate surface area is 114 Å². The van der Waals surface area contributed by atoms with Crippen molar-refractivity contribution in [3.8, 4) is 0 Å². The summed E-state index contributed by atoms with van der Waals surface area (Å²) in [5.74, 6) is 0.529. The summed E-state index contributed by atoms with van der Waals surface area (Å²) in [4.78, 5) is 14.8. The molecule has 19 heavy (non-hydrogen) atoms. The SMILES string of the molecule is CCCC(CC)CC(c1ncn(C(N)=O)n1)S(=O)O. The minimum Gasteiger partial charge on any atom is -0.350 e. The van der Waals surface area contributed by atoms with Crippen LogP contribution in [0.4, 0.5) is 4.79 Å². The Morgan fingerprint density at radius 3 is 2.68 bits per heavy atom. The summed E-state index contributed by atoms with van der Waals surface area (Å²) >= 11 is -2.07. The molecule has 3 atom stereocenters. The maximum atomic E-state index is 11.4. The lowest BCUT2D eigenvalue weighted by atomic mass is 9.95. The van der Waals surface area contributed by atoms with Crippen LogP contribution in [0.3, 0.4) is 0 Å². The predicted molar refractivity (Wildman–Crippen MR) is 71.8 cm³/mol. The van der Waals surface area contributed by atoms with Crippen molar-refractivity contribution in [3.63, 3.8) is 0 Å². The number of hydrogen-bond acceptors (Lipinski definition) is 4. The molecule has 0 radical (unpaired) electrons. The number of nitrogens with zero attached hydrogens (tertiary/aromatic N) is 3. The van der Waals surface area contributed by atoms with Crippen molar-refractivity contribution in [1.82, 2.24) is 14.8 Å². The lowest BCUT2D eigenvalue weighted by Gasteiger charge is -2.17. The van der Waals surface area contributed by atoms with Crippen molar-refractivity contribution in [3.05, 3.63) is 12.2 Å². The van der Waals surface area contributed by atoms with Crippen LogP contribution in [0.5, 0.6) is 0 Å². The van der Waals surface area contributed by atoms with Gasteiger partial charge in [0.2, 0.25) is 0 Å². The van der Waals surface area contributed by atoms with Crippen molar-refractivity contribution in [2.45, 2.75) is 44.8 Å². The van der Waals surface area contributed by atoms with Crippen LogP contribution in [0, 0.1) is 5.92 Å². The van der Waals surface area contributed by atoms with Gasteiger partial charge in [0.1, 0.15) is 11.6 Å². The number of amides is 1. The number of carbonyl (C=O) groups is 1. The molecule has 1 aromatic rings. The molecule has 8 heteroatoms. The highest BCUT2D eigenvalue weighted by Crippen LogP contribution is 2.28. The van der Waals surface area contributed by atoms with E-state index in [9.17, 15) is 13.6 Å². The van der Waals surface area contributed by atoms with E-state index in [1.807, 2.05) is 6.92 Å². The quantitative estimate of drug-likeness (QED) is 0.741. The van der Waals surface area contributed by atoms with Gasteiger partial charge in [0.15, 0.2) is 16.9 Å². The number of hydrogen-bond donors (Lipinski definition) is 2. The van der Waals surface area contributed by atoms with Crippen molar-refractivity contribution < 1.29 is 13.6 Å². The minimum absolute atomic E-state index is 0.189. The van der Waals surface area contributed by atoms with Crippen LogP contribution in [-0.4, -0.2) is 29.6 Å². The zero-order valence-corrected chi connectivity index (χ0v) is 12.0. The molecule has 1 amide bonds. The summed E-state index contributed by atoms with van der Waals surface area (Å²) in [6.45, 7) is 4.13. The molecule has 0 aromatic carbocycles. The van der Waals surface area contributed by atoms with Gasteiger partial charge < -0.3 is 10.3 Å². The number of rotatable bonds is 7. The fourth-order valence-corrected chi connectivity index (χ4v) is 2.73. The topological polar surface area (TPSA) is 111 Å². The number of carbonyl (C=O) groups excluding carboxylic acids is 1. The number of aromatic nitrogens is 3. The van der Waals surface area contributed by atoms with Crippen LogP contribution in [0.1, 0.15) is 50.6 Å². The van der Waals surface area contributed by atoms with E-state index in [0.29, 0.717) is 12.3 Å². The molecule has 0 fully saturated rings. The van der Waals surface area contributed by atoms with E-state index < -0.39 is 22.4 Å². The molecule has 0 saturated carbocycles. The van der Waals surface area contributed by atoms with Crippen LogP contribution < -0.4 is 5.73 Å². The molecule has 0 saturated heterocycles. The fraction of sp³-hybridized carbons (Fsp3) is 0.727.